The van der Waals surface area contributed by atoms with Crippen LogP contribution in [-0.2, 0) is 0 Å². The Morgan fingerprint density at radius 3 is 3.00 bits per heavy atom. The van der Waals surface area contributed by atoms with Crippen molar-refractivity contribution in [2.45, 2.75) is 57.6 Å². The van der Waals surface area contributed by atoms with Crippen LogP contribution >= 0.6 is 11.3 Å². The molecule has 2 N–H and O–H groups in total. The van der Waals surface area contributed by atoms with Gasteiger partial charge in [0.05, 0.1) is 6.10 Å². The molecule has 0 spiro atoms. The molecule has 3 heteroatoms. The van der Waals surface area contributed by atoms with E-state index in [-0.39, 0.29) is 6.10 Å². The fraction of sp³-hybridized carbons (Fsp3) is 0.733. The number of aliphatic hydroxyl groups excluding tert-OH is 1. The Kier molecular flexibility index (Phi) is 5.67. The highest BCUT2D eigenvalue weighted by atomic mass is 32.1. The first kappa shape index (κ1) is 14.0. The van der Waals surface area contributed by atoms with Gasteiger partial charge in [0, 0.05) is 10.9 Å². The second-order valence-electron chi connectivity index (χ2n) is 5.45. The van der Waals surface area contributed by atoms with Gasteiger partial charge in [0.1, 0.15) is 0 Å². The van der Waals surface area contributed by atoms with Crippen LogP contribution in [0.4, 0.5) is 0 Å². The fourth-order valence-corrected chi connectivity index (χ4v) is 3.60. The van der Waals surface area contributed by atoms with Crippen LogP contribution in [0.3, 0.4) is 0 Å². The van der Waals surface area contributed by atoms with Crippen LogP contribution in [0.2, 0.25) is 0 Å². The van der Waals surface area contributed by atoms with E-state index < -0.39 is 0 Å². The first-order chi connectivity index (χ1) is 8.77. The Bertz CT molecular complexity index is 325. The second kappa shape index (κ2) is 7.27. The van der Waals surface area contributed by atoms with Crippen molar-refractivity contribution in [3.63, 3.8) is 0 Å². The zero-order valence-electron chi connectivity index (χ0n) is 11.3. The smallest absolute Gasteiger partial charge is 0.0568 e. The van der Waals surface area contributed by atoms with E-state index in [9.17, 15) is 5.11 Å². The van der Waals surface area contributed by atoms with E-state index in [1.807, 2.05) is 11.3 Å². The highest BCUT2D eigenvalue weighted by Crippen LogP contribution is 2.27. The zero-order valence-corrected chi connectivity index (χ0v) is 12.1. The van der Waals surface area contributed by atoms with Crippen molar-refractivity contribution in [1.82, 2.24) is 5.32 Å². The number of thiophene rings is 1. The number of aliphatic hydroxyl groups is 1. The molecule has 18 heavy (non-hydrogen) atoms. The predicted molar refractivity (Wildman–Crippen MR) is 77.9 cm³/mol. The molecule has 1 aliphatic rings. The van der Waals surface area contributed by atoms with E-state index in [0.717, 1.165) is 13.0 Å². The van der Waals surface area contributed by atoms with Crippen molar-refractivity contribution >= 4 is 11.3 Å². The molecule has 0 saturated heterocycles. The largest absolute Gasteiger partial charge is 0.393 e. The molecule has 2 nitrogen and oxygen atoms in total. The molecular weight excluding hydrogens is 242 g/mol. The average Bonchev–Trinajstić information content (AvgIpc) is 2.90. The summed E-state index contributed by atoms with van der Waals surface area (Å²) in [5.74, 6) is 0.553. The third-order valence-corrected chi connectivity index (χ3v) is 5.10. The third kappa shape index (κ3) is 4.08. The predicted octanol–water partition coefficient (Wildman–Crippen LogP) is 3.73. The monoisotopic (exact) mass is 267 g/mol. The molecule has 102 valence electrons. The molecule has 0 aliphatic heterocycles. The number of hydrogen-bond donors (Lipinski definition) is 2. The molecule has 0 bridgehead atoms. The van der Waals surface area contributed by atoms with Gasteiger partial charge in [-0.25, -0.2) is 0 Å². The lowest BCUT2D eigenvalue weighted by Gasteiger charge is -2.27. The molecule has 1 aromatic rings. The van der Waals surface area contributed by atoms with Gasteiger partial charge in [-0.05, 0) is 56.5 Å². The van der Waals surface area contributed by atoms with Crippen LogP contribution in [-0.4, -0.2) is 17.8 Å². The lowest BCUT2D eigenvalue weighted by molar-refractivity contribution is 0.0642. The summed E-state index contributed by atoms with van der Waals surface area (Å²) < 4.78 is 0. The maximum atomic E-state index is 9.91. The summed E-state index contributed by atoms with van der Waals surface area (Å²) in [5.41, 5.74) is 0. The van der Waals surface area contributed by atoms with Crippen LogP contribution in [0, 0.1) is 5.92 Å². The molecular formula is C15H25NOS. The standard InChI is InChI=1S/C15H25NOS/c1-12(15-9-5-11-18-15)16-10-4-7-13-6-2-3-8-14(13)17/h5,9,11-14,16-17H,2-4,6-8,10H2,1H3. The van der Waals surface area contributed by atoms with E-state index in [2.05, 4.69) is 29.8 Å². The van der Waals surface area contributed by atoms with Crippen molar-refractivity contribution in [3.05, 3.63) is 22.4 Å². The molecule has 3 unspecified atom stereocenters. The summed E-state index contributed by atoms with van der Waals surface area (Å²) in [6, 6.07) is 4.75. The maximum Gasteiger partial charge on any atom is 0.0568 e. The zero-order chi connectivity index (χ0) is 12.8. The van der Waals surface area contributed by atoms with Gasteiger partial charge in [0.15, 0.2) is 0 Å². The molecule has 0 radical (unpaired) electrons. The van der Waals surface area contributed by atoms with E-state index >= 15 is 0 Å². The quantitative estimate of drug-likeness (QED) is 0.770. The fourth-order valence-electron chi connectivity index (χ4n) is 2.85. The minimum atomic E-state index is -0.0338. The number of nitrogens with one attached hydrogen (secondary N) is 1. The van der Waals surface area contributed by atoms with E-state index in [4.69, 9.17) is 0 Å². The van der Waals surface area contributed by atoms with E-state index in [0.29, 0.717) is 12.0 Å². The second-order valence-corrected chi connectivity index (χ2v) is 6.42. The van der Waals surface area contributed by atoms with Crippen LogP contribution in [0.1, 0.15) is 56.4 Å². The summed E-state index contributed by atoms with van der Waals surface area (Å²) in [5, 5.41) is 15.6. The first-order valence-corrected chi connectivity index (χ1v) is 8.10. The highest BCUT2D eigenvalue weighted by Gasteiger charge is 2.22. The molecule has 0 amide bonds. The van der Waals surface area contributed by atoms with Crippen LogP contribution < -0.4 is 5.32 Å². The summed E-state index contributed by atoms with van der Waals surface area (Å²) in [6.07, 6.45) is 7.08. The Morgan fingerprint density at radius 1 is 1.44 bits per heavy atom. The lowest BCUT2D eigenvalue weighted by atomic mass is 9.83. The van der Waals surface area contributed by atoms with E-state index in [1.54, 1.807) is 0 Å². The summed E-state index contributed by atoms with van der Waals surface area (Å²) >= 11 is 1.82. The SMILES string of the molecule is CC(NCCCC1CCCCC1O)c1cccs1. The van der Waals surface area contributed by atoms with Gasteiger partial charge in [-0.1, -0.05) is 18.9 Å². The van der Waals surface area contributed by atoms with Crippen molar-refractivity contribution in [3.8, 4) is 0 Å². The van der Waals surface area contributed by atoms with Crippen molar-refractivity contribution in [2.75, 3.05) is 6.54 Å². The van der Waals surface area contributed by atoms with Gasteiger partial charge >= 0.3 is 0 Å². The highest BCUT2D eigenvalue weighted by molar-refractivity contribution is 7.10. The van der Waals surface area contributed by atoms with Crippen molar-refractivity contribution in [1.29, 1.82) is 0 Å². The van der Waals surface area contributed by atoms with Gasteiger partial charge in [0.2, 0.25) is 0 Å². The van der Waals surface area contributed by atoms with Crippen LogP contribution in [0.15, 0.2) is 17.5 Å². The van der Waals surface area contributed by atoms with Gasteiger partial charge in [-0.3, -0.25) is 0 Å². The van der Waals surface area contributed by atoms with Crippen molar-refractivity contribution in [2.24, 2.45) is 5.92 Å². The Labute approximate surface area is 114 Å². The average molecular weight is 267 g/mol. The molecule has 1 aliphatic carbocycles. The van der Waals surface area contributed by atoms with Gasteiger partial charge in [0.25, 0.3) is 0 Å². The van der Waals surface area contributed by atoms with E-state index in [1.165, 1.54) is 37.0 Å². The van der Waals surface area contributed by atoms with Gasteiger partial charge < -0.3 is 10.4 Å². The first-order valence-electron chi connectivity index (χ1n) is 7.22. The number of hydrogen-bond acceptors (Lipinski definition) is 3. The lowest BCUT2D eigenvalue weighted by Crippen LogP contribution is -2.26. The van der Waals surface area contributed by atoms with Gasteiger partial charge in [-0.2, -0.15) is 0 Å². The molecule has 1 fully saturated rings. The molecule has 2 rings (SSSR count). The third-order valence-electron chi connectivity index (χ3n) is 4.04. The Morgan fingerprint density at radius 2 is 2.28 bits per heavy atom. The normalized spacial score (nSPS) is 26.1. The minimum Gasteiger partial charge on any atom is -0.393 e. The molecule has 3 atom stereocenters. The number of rotatable bonds is 6. The van der Waals surface area contributed by atoms with Crippen LogP contribution in [0.5, 0.6) is 0 Å². The molecule has 0 aromatic carbocycles. The maximum absolute atomic E-state index is 9.91. The summed E-state index contributed by atoms with van der Waals surface area (Å²) in [6.45, 7) is 3.28. The molecule has 1 saturated carbocycles. The minimum absolute atomic E-state index is 0.0338. The molecule has 1 heterocycles. The summed E-state index contributed by atoms with van der Waals surface area (Å²) in [4.78, 5) is 1.41. The Hall–Kier alpha value is -0.380. The van der Waals surface area contributed by atoms with Crippen LogP contribution in [0.25, 0.3) is 0 Å². The Balaban J connectivity index is 1.61. The van der Waals surface area contributed by atoms with Crippen molar-refractivity contribution < 1.29 is 5.11 Å². The topological polar surface area (TPSA) is 32.3 Å². The molecule has 1 aromatic heterocycles. The van der Waals surface area contributed by atoms with Gasteiger partial charge in [-0.15, -0.1) is 11.3 Å². The summed E-state index contributed by atoms with van der Waals surface area (Å²) in [7, 11) is 0.